The maximum Gasteiger partial charge on any atom is 0.0723 e. The van der Waals surface area contributed by atoms with Gasteiger partial charge in [0, 0.05) is 36.8 Å². The van der Waals surface area contributed by atoms with Crippen molar-refractivity contribution < 1.29 is 5.11 Å². The van der Waals surface area contributed by atoms with E-state index in [-0.39, 0.29) is 6.10 Å². The fourth-order valence-corrected chi connectivity index (χ4v) is 2.85. The molecule has 0 spiro atoms. The third-order valence-electron chi connectivity index (χ3n) is 3.76. The van der Waals surface area contributed by atoms with Crippen LogP contribution in [-0.2, 0) is 6.54 Å². The first-order valence-electron chi connectivity index (χ1n) is 6.79. The van der Waals surface area contributed by atoms with Crippen LogP contribution >= 0.6 is 0 Å². The van der Waals surface area contributed by atoms with Gasteiger partial charge >= 0.3 is 0 Å². The fraction of sp³-hybridized carbons (Fsp3) is 0.400. The Morgan fingerprint density at radius 2 is 2.21 bits per heavy atom. The van der Waals surface area contributed by atoms with Gasteiger partial charge in [0.2, 0.25) is 0 Å². The lowest BCUT2D eigenvalue weighted by atomic mass is 10.0. The van der Waals surface area contributed by atoms with Gasteiger partial charge in [0.1, 0.15) is 0 Å². The summed E-state index contributed by atoms with van der Waals surface area (Å²) >= 11 is 0. The highest BCUT2D eigenvalue weighted by Crippen LogP contribution is 2.31. The highest BCUT2D eigenvalue weighted by molar-refractivity contribution is 5.93. The molecule has 1 aromatic carbocycles. The first-order valence-corrected chi connectivity index (χ1v) is 6.79. The molecule has 0 aliphatic carbocycles. The summed E-state index contributed by atoms with van der Waals surface area (Å²) in [6.07, 6.45) is 3.52. The molecule has 19 heavy (non-hydrogen) atoms. The third kappa shape index (κ3) is 2.29. The van der Waals surface area contributed by atoms with E-state index in [0.29, 0.717) is 13.1 Å². The fourth-order valence-electron chi connectivity index (χ4n) is 2.85. The maximum atomic E-state index is 9.89. The molecule has 2 heterocycles. The topological polar surface area (TPSA) is 62.4 Å². The maximum absolute atomic E-state index is 9.89. The molecule has 1 aliphatic rings. The van der Waals surface area contributed by atoms with E-state index >= 15 is 0 Å². The van der Waals surface area contributed by atoms with Crippen molar-refractivity contribution in [3.63, 3.8) is 0 Å². The second-order valence-electron chi connectivity index (χ2n) is 5.10. The first kappa shape index (κ1) is 12.4. The molecule has 1 aliphatic heterocycles. The van der Waals surface area contributed by atoms with Gasteiger partial charge < -0.3 is 15.7 Å². The van der Waals surface area contributed by atoms with Crippen LogP contribution in [0.15, 0.2) is 30.5 Å². The number of benzene rings is 1. The molecule has 100 valence electrons. The Labute approximate surface area is 112 Å². The zero-order valence-electron chi connectivity index (χ0n) is 10.9. The number of aliphatic hydroxyl groups is 1. The van der Waals surface area contributed by atoms with Gasteiger partial charge in [0.05, 0.1) is 17.3 Å². The van der Waals surface area contributed by atoms with Crippen molar-refractivity contribution >= 4 is 16.6 Å². The predicted octanol–water partition coefficient (Wildman–Crippen LogP) is 1.65. The van der Waals surface area contributed by atoms with Crippen LogP contribution in [-0.4, -0.2) is 29.3 Å². The first-order chi connectivity index (χ1) is 9.29. The Kier molecular flexibility index (Phi) is 3.36. The number of piperidine rings is 1. The van der Waals surface area contributed by atoms with Gasteiger partial charge in [-0.3, -0.25) is 4.98 Å². The largest absolute Gasteiger partial charge is 0.391 e. The van der Waals surface area contributed by atoms with E-state index in [1.165, 1.54) is 0 Å². The van der Waals surface area contributed by atoms with Crippen LogP contribution in [0.2, 0.25) is 0 Å². The van der Waals surface area contributed by atoms with E-state index in [9.17, 15) is 5.11 Å². The quantitative estimate of drug-likeness (QED) is 0.859. The summed E-state index contributed by atoms with van der Waals surface area (Å²) in [6, 6.07) is 8.11. The average Bonchev–Trinajstić information content (AvgIpc) is 2.46. The molecule has 4 nitrogen and oxygen atoms in total. The lowest BCUT2D eigenvalue weighted by molar-refractivity contribution is 0.154. The van der Waals surface area contributed by atoms with E-state index in [1.807, 2.05) is 24.4 Å². The molecule has 0 saturated carbocycles. The smallest absolute Gasteiger partial charge is 0.0723 e. The molecule has 1 fully saturated rings. The lowest BCUT2D eigenvalue weighted by Gasteiger charge is -2.34. The van der Waals surface area contributed by atoms with Gasteiger partial charge in [-0.25, -0.2) is 0 Å². The van der Waals surface area contributed by atoms with Crippen molar-refractivity contribution in [1.29, 1.82) is 0 Å². The van der Waals surface area contributed by atoms with E-state index in [2.05, 4.69) is 16.0 Å². The van der Waals surface area contributed by atoms with Crippen LogP contribution in [0, 0.1) is 0 Å². The summed E-state index contributed by atoms with van der Waals surface area (Å²) in [4.78, 5) is 6.71. The molecule has 4 heteroatoms. The molecule has 0 amide bonds. The number of rotatable bonds is 2. The monoisotopic (exact) mass is 257 g/mol. The highest BCUT2D eigenvalue weighted by atomic mass is 16.3. The summed E-state index contributed by atoms with van der Waals surface area (Å²) in [5.41, 5.74) is 9.03. The molecule has 0 radical (unpaired) electrons. The number of nitrogens with zero attached hydrogens (tertiary/aromatic N) is 2. The van der Waals surface area contributed by atoms with Gasteiger partial charge in [-0.15, -0.1) is 0 Å². The molecule has 1 saturated heterocycles. The minimum atomic E-state index is -0.244. The van der Waals surface area contributed by atoms with Gasteiger partial charge in [0.25, 0.3) is 0 Å². The summed E-state index contributed by atoms with van der Waals surface area (Å²) in [5.74, 6) is 0. The van der Waals surface area contributed by atoms with E-state index in [4.69, 9.17) is 5.73 Å². The minimum absolute atomic E-state index is 0.244. The van der Waals surface area contributed by atoms with Crippen molar-refractivity contribution in [1.82, 2.24) is 4.98 Å². The van der Waals surface area contributed by atoms with Gasteiger partial charge in [-0.05, 0) is 18.9 Å². The number of anilines is 1. The van der Waals surface area contributed by atoms with Crippen LogP contribution in [0.4, 0.5) is 5.69 Å². The average molecular weight is 257 g/mol. The Hall–Kier alpha value is -1.65. The number of hydrogen-bond donors (Lipinski definition) is 2. The third-order valence-corrected chi connectivity index (χ3v) is 3.76. The van der Waals surface area contributed by atoms with Crippen molar-refractivity contribution in [2.45, 2.75) is 25.5 Å². The van der Waals surface area contributed by atoms with E-state index in [0.717, 1.165) is 41.5 Å². The van der Waals surface area contributed by atoms with Crippen LogP contribution < -0.4 is 10.6 Å². The Morgan fingerprint density at radius 3 is 3.00 bits per heavy atom. The van der Waals surface area contributed by atoms with Crippen molar-refractivity contribution in [3.05, 3.63) is 36.0 Å². The number of para-hydroxylation sites is 1. The number of hydrogen-bond acceptors (Lipinski definition) is 4. The second-order valence-corrected chi connectivity index (χ2v) is 5.10. The Bertz CT molecular complexity index is 585. The van der Waals surface area contributed by atoms with Crippen molar-refractivity contribution in [3.8, 4) is 0 Å². The van der Waals surface area contributed by atoms with Crippen molar-refractivity contribution in [2.75, 3.05) is 18.0 Å². The molecule has 1 unspecified atom stereocenters. The SMILES string of the molecule is NCc1cnc2ccccc2c1N1CCCC(O)C1. The zero-order chi connectivity index (χ0) is 13.2. The minimum Gasteiger partial charge on any atom is -0.391 e. The van der Waals surface area contributed by atoms with E-state index < -0.39 is 0 Å². The summed E-state index contributed by atoms with van der Waals surface area (Å²) in [5, 5.41) is 11.0. The summed E-state index contributed by atoms with van der Waals surface area (Å²) < 4.78 is 0. The number of β-amino-alcohol motifs (C(OH)–C–C–N with tert-alkyl or cyclic N) is 1. The van der Waals surface area contributed by atoms with Crippen LogP contribution in [0.3, 0.4) is 0 Å². The summed E-state index contributed by atoms with van der Waals surface area (Å²) in [6.45, 7) is 2.12. The molecule has 3 rings (SSSR count). The summed E-state index contributed by atoms with van der Waals surface area (Å²) in [7, 11) is 0. The highest BCUT2D eigenvalue weighted by Gasteiger charge is 2.21. The van der Waals surface area contributed by atoms with Gasteiger partial charge in [0.15, 0.2) is 0 Å². The van der Waals surface area contributed by atoms with Crippen molar-refractivity contribution in [2.24, 2.45) is 5.73 Å². The molecule has 2 aromatic rings. The number of pyridine rings is 1. The molecule has 0 bridgehead atoms. The van der Waals surface area contributed by atoms with Crippen LogP contribution in [0.5, 0.6) is 0 Å². The normalized spacial score (nSPS) is 19.9. The van der Waals surface area contributed by atoms with Crippen LogP contribution in [0.25, 0.3) is 10.9 Å². The molecule has 3 N–H and O–H groups in total. The second kappa shape index (κ2) is 5.15. The zero-order valence-corrected chi connectivity index (χ0v) is 10.9. The Balaban J connectivity index is 2.13. The number of fused-ring (bicyclic) bond motifs is 1. The van der Waals surface area contributed by atoms with Gasteiger partial charge in [-0.1, -0.05) is 18.2 Å². The molecular formula is C15H19N3O. The number of nitrogens with two attached hydrogens (primary N) is 1. The molecular weight excluding hydrogens is 238 g/mol. The standard InChI is InChI=1S/C15H19N3O/c16-8-11-9-17-14-6-2-1-5-13(14)15(11)18-7-3-4-12(19)10-18/h1-2,5-6,9,12,19H,3-4,7-8,10,16H2. The lowest BCUT2D eigenvalue weighted by Crippen LogP contribution is -2.39. The van der Waals surface area contributed by atoms with Gasteiger partial charge in [-0.2, -0.15) is 0 Å². The number of aromatic nitrogens is 1. The predicted molar refractivity (Wildman–Crippen MR) is 77.1 cm³/mol. The van der Waals surface area contributed by atoms with Crippen LogP contribution in [0.1, 0.15) is 18.4 Å². The molecule has 1 aromatic heterocycles. The van der Waals surface area contributed by atoms with E-state index in [1.54, 1.807) is 0 Å². The Morgan fingerprint density at radius 1 is 1.37 bits per heavy atom. The number of aliphatic hydroxyl groups excluding tert-OH is 1. The molecule has 1 atom stereocenters.